The predicted molar refractivity (Wildman–Crippen MR) is 128 cm³/mol. The van der Waals surface area contributed by atoms with E-state index in [1.165, 1.54) is 19.2 Å². The Kier molecular flexibility index (Phi) is 6.40. The lowest BCUT2D eigenvalue weighted by atomic mass is 10.1. The summed E-state index contributed by atoms with van der Waals surface area (Å²) in [4.78, 5) is 25.2. The van der Waals surface area contributed by atoms with Gasteiger partial charge in [0.25, 0.3) is 11.8 Å². The van der Waals surface area contributed by atoms with Crippen LogP contribution < -0.4 is 15.4 Å². The third-order valence-electron chi connectivity index (χ3n) is 5.30. The smallest absolute Gasteiger partial charge is 0.259 e. The van der Waals surface area contributed by atoms with Crippen LogP contribution in [0.25, 0.3) is 16.9 Å². The highest BCUT2D eigenvalue weighted by Gasteiger charge is 2.20. The maximum atomic E-state index is 14.0. The topological polar surface area (TPSA) is 85.3 Å². The van der Waals surface area contributed by atoms with Crippen molar-refractivity contribution in [2.24, 2.45) is 0 Å². The minimum Gasteiger partial charge on any atom is -0.497 e. The molecule has 0 aliphatic carbocycles. The van der Waals surface area contributed by atoms with Crippen molar-refractivity contribution in [1.29, 1.82) is 0 Å². The lowest BCUT2D eigenvalue weighted by Gasteiger charge is -2.08. The molecule has 8 heteroatoms. The molecule has 0 atom stereocenters. The highest BCUT2D eigenvalue weighted by molar-refractivity contribution is 6.08. The first-order chi connectivity index (χ1) is 16.4. The Hall–Kier alpha value is -4.46. The van der Waals surface area contributed by atoms with Crippen molar-refractivity contribution in [3.8, 4) is 22.7 Å². The number of carbonyl (C=O) groups excluding carboxylic acids is 2. The summed E-state index contributed by atoms with van der Waals surface area (Å²) in [6.45, 7) is 1.99. The highest BCUT2D eigenvalue weighted by atomic mass is 19.1. The number of hydrogen-bond acceptors (Lipinski definition) is 4. The highest BCUT2D eigenvalue weighted by Crippen LogP contribution is 2.28. The Morgan fingerprint density at radius 3 is 2.44 bits per heavy atom. The number of rotatable bonds is 6. The maximum absolute atomic E-state index is 14.0. The van der Waals surface area contributed by atoms with Crippen LogP contribution in [0.4, 0.5) is 10.1 Å². The molecule has 2 amide bonds. The lowest BCUT2D eigenvalue weighted by Crippen LogP contribution is -2.20. The number of nitrogens with one attached hydrogen (secondary N) is 2. The molecule has 0 spiro atoms. The molecule has 1 aromatic heterocycles. The summed E-state index contributed by atoms with van der Waals surface area (Å²) in [5.74, 6) is -1.09. The number of carbonyl (C=O) groups is 2. The van der Waals surface area contributed by atoms with E-state index in [4.69, 9.17) is 4.74 Å². The third-order valence-corrected chi connectivity index (χ3v) is 5.30. The van der Waals surface area contributed by atoms with E-state index in [2.05, 4.69) is 15.7 Å². The number of anilines is 1. The van der Waals surface area contributed by atoms with E-state index in [1.807, 2.05) is 43.3 Å². The van der Waals surface area contributed by atoms with E-state index in [0.717, 1.165) is 17.3 Å². The minimum absolute atomic E-state index is 0.163. The summed E-state index contributed by atoms with van der Waals surface area (Å²) in [7, 11) is 2.98. The first-order valence-electron chi connectivity index (χ1n) is 10.5. The van der Waals surface area contributed by atoms with Crippen molar-refractivity contribution >= 4 is 17.5 Å². The second-order valence-electron chi connectivity index (χ2n) is 7.63. The van der Waals surface area contributed by atoms with Crippen LogP contribution in [-0.4, -0.2) is 35.8 Å². The third kappa shape index (κ3) is 4.66. The van der Waals surface area contributed by atoms with Gasteiger partial charge in [-0.3, -0.25) is 9.59 Å². The van der Waals surface area contributed by atoms with Gasteiger partial charge in [-0.2, -0.15) is 5.10 Å². The molecule has 0 fully saturated rings. The Morgan fingerprint density at radius 2 is 1.74 bits per heavy atom. The Labute approximate surface area is 196 Å². The molecular weight excluding hydrogens is 435 g/mol. The fourth-order valence-electron chi connectivity index (χ4n) is 3.46. The average Bonchev–Trinajstić information content (AvgIpc) is 3.31. The van der Waals surface area contributed by atoms with E-state index >= 15 is 0 Å². The van der Waals surface area contributed by atoms with Gasteiger partial charge >= 0.3 is 0 Å². The molecule has 4 rings (SSSR count). The number of ether oxygens (including phenoxy) is 1. The van der Waals surface area contributed by atoms with Gasteiger partial charge < -0.3 is 15.4 Å². The molecule has 7 nitrogen and oxygen atoms in total. The molecule has 4 aromatic rings. The number of amides is 2. The molecule has 34 heavy (non-hydrogen) atoms. The van der Waals surface area contributed by atoms with Crippen molar-refractivity contribution in [2.45, 2.75) is 6.92 Å². The van der Waals surface area contributed by atoms with Gasteiger partial charge in [-0.15, -0.1) is 0 Å². The van der Waals surface area contributed by atoms with Crippen LogP contribution in [0.15, 0.2) is 72.9 Å². The van der Waals surface area contributed by atoms with E-state index < -0.39 is 17.6 Å². The number of hydrogen-bond donors (Lipinski definition) is 2. The molecule has 0 saturated carbocycles. The average molecular weight is 458 g/mol. The first-order valence-corrected chi connectivity index (χ1v) is 10.5. The van der Waals surface area contributed by atoms with Crippen LogP contribution in [-0.2, 0) is 0 Å². The number of methoxy groups -OCH3 is 1. The predicted octanol–water partition coefficient (Wildman–Crippen LogP) is 4.61. The summed E-state index contributed by atoms with van der Waals surface area (Å²) < 4.78 is 21.0. The van der Waals surface area contributed by atoms with Crippen LogP contribution in [0.1, 0.15) is 26.3 Å². The van der Waals surface area contributed by atoms with Gasteiger partial charge in [0.15, 0.2) is 0 Å². The van der Waals surface area contributed by atoms with Crippen LogP contribution in [0.5, 0.6) is 5.75 Å². The monoisotopic (exact) mass is 458 g/mol. The van der Waals surface area contributed by atoms with Crippen molar-refractivity contribution in [3.05, 3.63) is 95.4 Å². The van der Waals surface area contributed by atoms with Gasteiger partial charge in [-0.1, -0.05) is 29.8 Å². The SMILES string of the molecule is CNC(=O)c1cc(NC(=O)c2cn(-c3ccc(C)cc3)nc2-c2cccc(OC)c2)ccc1F. The fourth-order valence-corrected chi connectivity index (χ4v) is 3.46. The number of nitrogens with zero attached hydrogens (tertiary/aromatic N) is 2. The van der Waals surface area contributed by atoms with Crippen LogP contribution in [0, 0.1) is 12.7 Å². The molecule has 0 saturated heterocycles. The molecule has 3 aromatic carbocycles. The summed E-state index contributed by atoms with van der Waals surface area (Å²) in [5, 5.41) is 9.80. The first kappa shape index (κ1) is 22.7. The van der Waals surface area contributed by atoms with Gasteiger partial charge in [0.2, 0.25) is 0 Å². The van der Waals surface area contributed by atoms with Crippen LogP contribution in [0.2, 0.25) is 0 Å². The Balaban J connectivity index is 1.75. The zero-order valence-corrected chi connectivity index (χ0v) is 18.9. The van der Waals surface area contributed by atoms with Crippen LogP contribution in [0.3, 0.4) is 0 Å². The van der Waals surface area contributed by atoms with Crippen molar-refractivity contribution < 1.29 is 18.7 Å². The second kappa shape index (κ2) is 9.58. The van der Waals surface area contributed by atoms with Gasteiger partial charge in [0, 0.05) is 24.5 Å². The largest absolute Gasteiger partial charge is 0.497 e. The van der Waals surface area contributed by atoms with Gasteiger partial charge in [0.05, 0.1) is 23.9 Å². The number of aromatic nitrogens is 2. The van der Waals surface area contributed by atoms with Gasteiger partial charge in [-0.25, -0.2) is 9.07 Å². The zero-order chi connectivity index (χ0) is 24.2. The standard InChI is InChI=1S/C26H23FN4O3/c1-16-7-10-19(11-8-16)31-15-22(24(30-31)17-5-4-6-20(13-17)34-3)26(33)29-18-9-12-23(27)21(14-18)25(32)28-2/h4-15H,1-3H3,(H,28,32)(H,29,33). The summed E-state index contributed by atoms with van der Waals surface area (Å²) in [5.41, 5.74) is 3.46. The number of benzene rings is 3. The molecule has 0 radical (unpaired) electrons. The fraction of sp³-hybridized carbons (Fsp3) is 0.115. The van der Waals surface area contributed by atoms with E-state index in [0.29, 0.717) is 22.6 Å². The second-order valence-corrected chi connectivity index (χ2v) is 7.63. The molecule has 0 aliphatic rings. The van der Waals surface area contributed by atoms with Crippen LogP contribution >= 0.6 is 0 Å². The molecule has 0 aliphatic heterocycles. The normalized spacial score (nSPS) is 10.6. The molecular formula is C26H23FN4O3. The van der Waals surface area contributed by atoms with Gasteiger partial charge in [0.1, 0.15) is 17.3 Å². The zero-order valence-electron chi connectivity index (χ0n) is 18.9. The quantitative estimate of drug-likeness (QED) is 0.442. The number of aryl methyl sites for hydroxylation is 1. The summed E-state index contributed by atoms with van der Waals surface area (Å²) in [6, 6.07) is 18.8. The molecule has 172 valence electrons. The summed E-state index contributed by atoms with van der Waals surface area (Å²) in [6.07, 6.45) is 1.64. The van der Waals surface area contributed by atoms with Crippen molar-refractivity contribution in [2.75, 3.05) is 19.5 Å². The van der Waals surface area contributed by atoms with Gasteiger partial charge in [-0.05, 0) is 49.4 Å². The maximum Gasteiger partial charge on any atom is 0.259 e. The van der Waals surface area contributed by atoms with E-state index in [1.54, 1.807) is 30.1 Å². The van der Waals surface area contributed by atoms with E-state index in [-0.39, 0.29) is 11.3 Å². The number of halogens is 1. The van der Waals surface area contributed by atoms with E-state index in [9.17, 15) is 14.0 Å². The van der Waals surface area contributed by atoms with Crippen molar-refractivity contribution in [1.82, 2.24) is 15.1 Å². The lowest BCUT2D eigenvalue weighted by molar-refractivity contribution is 0.0957. The Morgan fingerprint density at radius 1 is 0.971 bits per heavy atom. The molecule has 1 heterocycles. The minimum atomic E-state index is -0.679. The molecule has 2 N–H and O–H groups in total. The molecule has 0 bridgehead atoms. The summed E-state index contributed by atoms with van der Waals surface area (Å²) >= 11 is 0. The molecule has 0 unspecified atom stereocenters. The van der Waals surface area contributed by atoms with Crippen molar-refractivity contribution in [3.63, 3.8) is 0 Å². The Bertz CT molecular complexity index is 1360.